The molecule has 4 rings (SSSR count). The summed E-state index contributed by atoms with van der Waals surface area (Å²) in [6.45, 7) is -3.50. The van der Waals surface area contributed by atoms with Gasteiger partial charge in [-0.15, -0.1) is 0 Å². The molecule has 112 valence electrons. The maximum absolute atomic E-state index is 8.05. The molecule has 0 aromatic heterocycles. The minimum atomic E-state index is -2.45. The van der Waals surface area contributed by atoms with Gasteiger partial charge in [0, 0.05) is 8.22 Å². The summed E-state index contributed by atoms with van der Waals surface area (Å²) in [7, 11) is 0. The van der Waals surface area contributed by atoms with Gasteiger partial charge in [-0.1, -0.05) is 65.1 Å². The third-order valence-corrected chi connectivity index (χ3v) is 4.32. The lowest BCUT2D eigenvalue weighted by molar-refractivity contribution is 0.487. The fraction of sp³-hybridized carbons (Fsp3) is 0.143. The number of aryl methyl sites for hydroxylation is 3. The van der Waals surface area contributed by atoms with E-state index in [1.807, 2.05) is 49.4 Å². The summed E-state index contributed by atoms with van der Waals surface area (Å²) in [5, 5.41) is 0. The van der Waals surface area contributed by atoms with Gasteiger partial charge in [0.1, 0.15) is 11.5 Å². The number of rotatable bonds is 1. The highest BCUT2D eigenvalue weighted by Gasteiger charge is 2.33. The zero-order chi connectivity index (χ0) is 21.0. The summed E-state index contributed by atoms with van der Waals surface area (Å²) >= 11 is 0. The second-order valence-electron chi connectivity index (χ2n) is 5.88. The predicted molar refractivity (Wildman–Crippen MR) is 98.3 cm³/mol. The van der Waals surface area contributed by atoms with Crippen LogP contribution in [0.15, 0.2) is 60.7 Å². The van der Waals surface area contributed by atoms with Crippen LogP contribution in [-0.2, 0) is 0 Å². The Hall–Kier alpha value is -2.48. The number of benzene rings is 3. The Morgan fingerprint density at radius 1 is 0.826 bits per heavy atom. The van der Waals surface area contributed by atoms with Crippen LogP contribution in [0.5, 0.6) is 11.5 Å². The van der Waals surface area contributed by atoms with E-state index in [4.69, 9.17) is 13.0 Å². The van der Waals surface area contributed by atoms with Crippen molar-refractivity contribution in [1.29, 1.82) is 0 Å². The van der Waals surface area contributed by atoms with Gasteiger partial charge in [-0.2, -0.15) is 0 Å². The van der Waals surface area contributed by atoms with Gasteiger partial charge in [-0.25, -0.2) is 0 Å². The van der Waals surface area contributed by atoms with Gasteiger partial charge in [0.2, 0.25) is 0 Å². The molecule has 23 heavy (non-hydrogen) atoms. The molecule has 0 spiro atoms. The van der Waals surface area contributed by atoms with Crippen LogP contribution in [0.4, 0.5) is 0 Å². The third kappa shape index (κ3) is 2.26. The maximum atomic E-state index is 8.05. The molecule has 0 N–H and O–H groups in total. The van der Waals surface area contributed by atoms with Gasteiger partial charge in [-0.3, -0.25) is 0 Å². The fourth-order valence-electron chi connectivity index (χ4n) is 3.25. The Kier molecular flexibility index (Phi) is 2.07. The van der Waals surface area contributed by atoms with E-state index in [1.54, 1.807) is 0 Å². The molecule has 0 saturated heterocycles. The largest absolute Gasteiger partial charge is 0.458 e. The lowest BCUT2D eigenvalue weighted by Crippen LogP contribution is -2.56. The van der Waals surface area contributed by atoms with Crippen molar-refractivity contribution in [1.82, 2.24) is 0 Å². The number of hydrogen-bond acceptors (Lipinski definition) is 1. The summed E-state index contributed by atoms with van der Waals surface area (Å²) in [5.74, 6) is 1.22. The first-order valence-corrected chi connectivity index (χ1v) is 7.58. The monoisotopic (exact) mass is 304 g/mol. The normalized spacial score (nSPS) is 17.3. The van der Waals surface area contributed by atoms with Crippen LogP contribution < -0.4 is 21.1 Å². The van der Waals surface area contributed by atoms with Gasteiger partial charge >= 0.3 is 0 Å². The van der Waals surface area contributed by atoms with Crippen LogP contribution in [0.25, 0.3) is 0 Å². The second-order valence-corrected chi connectivity index (χ2v) is 5.88. The number of fused-ring (bicyclic) bond motifs is 2. The van der Waals surface area contributed by atoms with E-state index in [-0.39, 0.29) is 11.1 Å². The van der Waals surface area contributed by atoms with Crippen molar-refractivity contribution in [3.63, 3.8) is 0 Å². The van der Waals surface area contributed by atoms with Crippen LogP contribution in [0.1, 0.15) is 24.9 Å². The molecule has 0 atom stereocenters. The molecular weight excluding hydrogens is 279 g/mol. The maximum Gasteiger partial charge on any atom is 0.251 e. The highest BCUT2D eigenvalue weighted by molar-refractivity contribution is 6.97. The second kappa shape index (κ2) is 5.31. The van der Waals surface area contributed by atoms with Gasteiger partial charge < -0.3 is 4.74 Å². The zero-order valence-corrected chi connectivity index (χ0v) is 12.8. The molecule has 0 saturated carbocycles. The first-order chi connectivity index (χ1) is 13.6. The van der Waals surface area contributed by atoms with Gasteiger partial charge in [0.25, 0.3) is 6.71 Å². The summed E-state index contributed by atoms with van der Waals surface area (Å²) in [6.07, 6.45) is 0. The summed E-state index contributed by atoms with van der Waals surface area (Å²) < 4.78 is 54.4. The van der Waals surface area contributed by atoms with E-state index in [9.17, 15) is 0 Å². The van der Waals surface area contributed by atoms with E-state index in [0.717, 1.165) is 16.5 Å². The highest BCUT2D eigenvalue weighted by atomic mass is 16.5. The molecule has 1 nitrogen and oxygen atoms in total. The van der Waals surface area contributed by atoms with E-state index in [2.05, 4.69) is 0 Å². The lowest BCUT2D eigenvalue weighted by Gasteiger charge is -2.28. The first kappa shape index (κ1) is 8.98. The zero-order valence-electron chi connectivity index (χ0n) is 18.8. The summed E-state index contributed by atoms with van der Waals surface area (Å²) in [6, 6.07) is 17.6. The molecule has 0 radical (unpaired) electrons. The van der Waals surface area contributed by atoms with E-state index in [0.29, 0.717) is 17.0 Å². The molecular formula is C21H19BO. The van der Waals surface area contributed by atoms with E-state index in [1.165, 1.54) is 18.2 Å². The van der Waals surface area contributed by atoms with Crippen molar-refractivity contribution in [2.24, 2.45) is 0 Å². The van der Waals surface area contributed by atoms with Gasteiger partial charge in [0.05, 0.1) is 0 Å². The van der Waals surface area contributed by atoms with Crippen LogP contribution >= 0.6 is 0 Å². The van der Waals surface area contributed by atoms with Crippen molar-refractivity contribution >= 4 is 23.1 Å². The van der Waals surface area contributed by atoms with Crippen molar-refractivity contribution in [2.45, 2.75) is 20.6 Å². The molecule has 1 aliphatic heterocycles. The lowest BCUT2D eigenvalue weighted by atomic mass is 9.34. The Bertz CT molecular complexity index is 1060. The van der Waals surface area contributed by atoms with E-state index >= 15 is 0 Å². The number of hydrogen-bond donors (Lipinski definition) is 0. The topological polar surface area (TPSA) is 9.23 Å². The quantitative estimate of drug-likeness (QED) is 0.491. The Balaban J connectivity index is 2.11. The molecule has 2 heteroatoms. The Morgan fingerprint density at radius 2 is 1.57 bits per heavy atom. The molecule has 0 unspecified atom stereocenters. The Labute approximate surface area is 146 Å². The molecule has 1 aliphatic rings. The predicted octanol–water partition coefficient (Wildman–Crippen LogP) is 3.23. The van der Waals surface area contributed by atoms with Gasteiger partial charge in [0.15, 0.2) is 0 Å². The minimum Gasteiger partial charge on any atom is -0.458 e. The molecule has 3 aromatic carbocycles. The fourth-order valence-corrected chi connectivity index (χ4v) is 3.25. The van der Waals surface area contributed by atoms with E-state index < -0.39 is 20.4 Å². The first-order valence-electron chi connectivity index (χ1n) is 10.6. The van der Waals surface area contributed by atoms with Crippen molar-refractivity contribution in [2.75, 3.05) is 0 Å². The van der Waals surface area contributed by atoms with Crippen molar-refractivity contribution < 1.29 is 13.0 Å². The molecule has 1 heterocycles. The molecule has 3 aromatic rings. The minimum absolute atomic E-state index is 0.0550. The number of ether oxygens (including phenoxy) is 1. The SMILES string of the molecule is [2H]C([2H])([2H])c1cccc(C([2H])([2H])[2H])c1B1c2ccccc2Oc2cc(C)ccc21. The smallest absolute Gasteiger partial charge is 0.251 e. The molecule has 0 fully saturated rings. The van der Waals surface area contributed by atoms with Crippen LogP contribution in [0, 0.1) is 20.6 Å². The third-order valence-electron chi connectivity index (χ3n) is 4.32. The van der Waals surface area contributed by atoms with Crippen molar-refractivity contribution in [3.8, 4) is 11.5 Å². The average molecular weight is 304 g/mol. The Morgan fingerprint density at radius 3 is 2.35 bits per heavy atom. The van der Waals surface area contributed by atoms with Crippen molar-refractivity contribution in [3.05, 3.63) is 77.4 Å². The molecule has 0 amide bonds. The van der Waals surface area contributed by atoms with Gasteiger partial charge in [-0.05, 0) is 49.2 Å². The summed E-state index contributed by atoms with van der Waals surface area (Å²) in [5.41, 5.74) is 2.94. The van der Waals surface area contributed by atoms with Crippen LogP contribution in [-0.4, -0.2) is 6.71 Å². The van der Waals surface area contributed by atoms with Crippen LogP contribution in [0.2, 0.25) is 0 Å². The summed E-state index contributed by atoms with van der Waals surface area (Å²) in [4.78, 5) is 0. The standard InChI is InChI=1S/C21H19BO/c1-14-11-12-18-20(13-14)23-19-10-5-4-9-17(19)22(18)21-15(2)7-6-8-16(21)3/h4-13H,1-3H3/i2D3,3D3. The average Bonchev–Trinajstić information content (AvgIpc) is 2.64. The van der Waals surface area contributed by atoms with Crippen LogP contribution in [0.3, 0.4) is 0 Å². The highest BCUT2D eigenvalue weighted by Crippen LogP contribution is 2.25. The molecule has 0 bridgehead atoms. The molecule has 0 aliphatic carbocycles. The number of para-hydroxylation sites is 1.